The van der Waals surface area contributed by atoms with Crippen molar-refractivity contribution in [3.63, 3.8) is 0 Å². The van der Waals surface area contributed by atoms with Crippen molar-refractivity contribution in [3.05, 3.63) is 29.3 Å². The Kier molecular flexibility index (Phi) is 5.45. The third kappa shape index (κ3) is 3.45. The van der Waals surface area contributed by atoms with Crippen LogP contribution in [-0.4, -0.2) is 24.8 Å². The fourth-order valence-electron chi connectivity index (χ4n) is 1.98. The van der Waals surface area contributed by atoms with Crippen molar-refractivity contribution in [2.45, 2.75) is 39.3 Å². The van der Waals surface area contributed by atoms with Crippen molar-refractivity contribution < 1.29 is 9.84 Å². The summed E-state index contributed by atoms with van der Waals surface area (Å²) in [5.74, 6) is 0.888. The molecule has 0 heterocycles. The Labute approximate surface area is 104 Å². The van der Waals surface area contributed by atoms with Crippen molar-refractivity contribution in [1.29, 1.82) is 0 Å². The second-order valence-corrected chi connectivity index (χ2v) is 4.22. The summed E-state index contributed by atoms with van der Waals surface area (Å²) < 4.78 is 5.28. The lowest BCUT2D eigenvalue weighted by molar-refractivity contribution is 0.137. The van der Waals surface area contributed by atoms with Gasteiger partial charge < -0.3 is 15.2 Å². The molecule has 0 aliphatic carbocycles. The number of rotatable bonds is 6. The van der Waals surface area contributed by atoms with Gasteiger partial charge in [-0.05, 0) is 43.1 Å². The minimum atomic E-state index is -0.480. The number of aryl methyl sites for hydroxylation is 1. The zero-order valence-electron chi connectivity index (χ0n) is 11.2. The van der Waals surface area contributed by atoms with Crippen LogP contribution in [0.2, 0.25) is 0 Å². The number of likely N-dealkylation sites (N-methyl/N-ethyl adjacent to an activating group) is 1. The molecule has 0 spiro atoms. The third-order valence-corrected chi connectivity index (χ3v) is 3.03. The minimum absolute atomic E-state index is 0.0538. The minimum Gasteiger partial charge on any atom is -0.496 e. The topological polar surface area (TPSA) is 41.5 Å². The summed E-state index contributed by atoms with van der Waals surface area (Å²) in [7, 11) is 1.67. The molecule has 3 heteroatoms. The van der Waals surface area contributed by atoms with E-state index >= 15 is 0 Å². The van der Waals surface area contributed by atoms with Crippen LogP contribution in [0.5, 0.6) is 5.75 Å². The Morgan fingerprint density at radius 1 is 1.35 bits per heavy atom. The number of hydrogen-bond donors (Lipinski definition) is 2. The van der Waals surface area contributed by atoms with Crippen LogP contribution in [-0.2, 0) is 6.42 Å². The molecule has 0 bridgehead atoms. The number of nitrogens with one attached hydrogen (secondary N) is 1. The van der Waals surface area contributed by atoms with Crippen LogP contribution in [0, 0.1) is 0 Å². The van der Waals surface area contributed by atoms with Gasteiger partial charge in [0.25, 0.3) is 0 Å². The number of aliphatic hydroxyl groups excluding tert-OH is 1. The van der Waals surface area contributed by atoms with Gasteiger partial charge in [-0.2, -0.15) is 0 Å². The number of benzene rings is 1. The van der Waals surface area contributed by atoms with Gasteiger partial charge in [0.15, 0.2) is 0 Å². The summed E-state index contributed by atoms with van der Waals surface area (Å²) in [6, 6.07) is 5.93. The SMILES string of the molecule is CCNC(C)C(O)c1ccc(OC)c(CC)c1. The molecule has 2 N–H and O–H groups in total. The van der Waals surface area contributed by atoms with Gasteiger partial charge in [0.2, 0.25) is 0 Å². The van der Waals surface area contributed by atoms with Gasteiger partial charge in [-0.3, -0.25) is 0 Å². The van der Waals surface area contributed by atoms with E-state index in [1.54, 1.807) is 7.11 Å². The van der Waals surface area contributed by atoms with E-state index in [9.17, 15) is 5.11 Å². The molecule has 0 aliphatic heterocycles. The van der Waals surface area contributed by atoms with Gasteiger partial charge in [0.05, 0.1) is 13.2 Å². The molecule has 3 nitrogen and oxygen atoms in total. The molecule has 0 aliphatic rings. The number of aliphatic hydroxyl groups is 1. The van der Waals surface area contributed by atoms with E-state index in [1.165, 1.54) is 0 Å². The highest BCUT2D eigenvalue weighted by molar-refractivity contribution is 5.38. The fourth-order valence-corrected chi connectivity index (χ4v) is 1.98. The summed E-state index contributed by atoms with van der Waals surface area (Å²) in [5.41, 5.74) is 2.07. The predicted octanol–water partition coefficient (Wildman–Crippen LogP) is 2.29. The van der Waals surface area contributed by atoms with Crippen LogP contribution < -0.4 is 10.1 Å². The molecule has 1 aromatic rings. The first kappa shape index (κ1) is 14.0. The molecule has 96 valence electrons. The van der Waals surface area contributed by atoms with E-state index in [0.717, 1.165) is 29.8 Å². The second-order valence-electron chi connectivity index (χ2n) is 4.22. The lowest BCUT2D eigenvalue weighted by Crippen LogP contribution is -2.31. The van der Waals surface area contributed by atoms with Gasteiger partial charge in [-0.15, -0.1) is 0 Å². The first-order valence-corrected chi connectivity index (χ1v) is 6.22. The Morgan fingerprint density at radius 2 is 2.06 bits per heavy atom. The zero-order chi connectivity index (χ0) is 12.8. The standard InChI is InChI=1S/C14H23NO2/c1-5-11-9-12(7-8-13(11)17-4)14(16)10(3)15-6-2/h7-10,14-16H,5-6H2,1-4H3. The summed E-state index contributed by atoms with van der Waals surface area (Å²) in [5, 5.41) is 13.4. The van der Waals surface area contributed by atoms with E-state index in [-0.39, 0.29) is 6.04 Å². The normalized spacial score (nSPS) is 14.4. The van der Waals surface area contributed by atoms with Gasteiger partial charge in [0, 0.05) is 6.04 Å². The molecule has 2 unspecified atom stereocenters. The van der Waals surface area contributed by atoms with Crippen LogP contribution in [0.3, 0.4) is 0 Å². The first-order valence-electron chi connectivity index (χ1n) is 6.22. The highest BCUT2D eigenvalue weighted by atomic mass is 16.5. The van der Waals surface area contributed by atoms with Crippen LogP contribution in [0.25, 0.3) is 0 Å². The monoisotopic (exact) mass is 237 g/mol. The second kappa shape index (κ2) is 6.62. The fraction of sp³-hybridized carbons (Fsp3) is 0.571. The van der Waals surface area contributed by atoms with E-state index in [0.29, 0.717) is 0 Å². The van der Waals surface area contributed by atoms with Crippen molar-refractivity contribution in [3.8, 4) is 5.75 Å². The van der Waals surface area contributed by atoms with Crippen LogP contribution in [0.15, 0.2) is 18.2 Å². The quantitative estimate of drug-likeness (QED) is 0.797. The van der Waals surface area contributed by atoms with E-state index < -0.39 is 6.10 Å². The molecule has 0 saturated heterocycles. The molecule has 0 aromatic heterocycles. The highest BCUT2D eigenvalue weighted by Gasteiger charge is 2.16. The summed E-state index contributed by atoms with van der Waals surface area (Å²) in [6.45, 7) is 6.97. The van der Waals surface area contributed by atoms with Gasteiger partial charge in [-0.25, -0.2) is 0 Å². The van der Waals surface area contributed by atoms with E-state index in [4.69, 9.17) is 4.74 Å². The number of methoxy groups -OCH3 is 1. The highest BCUT2D eigenvalue weighted by Crippen LogP contribution is 2.25. The summed E-state index contributed by atoms with van der Waals surface area (Å²) in [6.07, 6.45) is 0.422. The maximum atomic E-state index is 10.2. The Morgan fingerprint density at radius 3 is 2.59 bits per heavy atom. The Balaban J connectivity index is 2.91. The molecule has 2 atom stereocenters. The molecule has 17 heavy (non-hydrogen) atoms. The molecule has 1 aromatic carbocycles. The molecule has 0 radical (unpaired) electrons. The molecule has 0 amide bonds. The van der Waals surface area contributed by atoms with Crippen LogP contribution in [0.1, 0.15) is 38.0 Å². The van der Waals surface area contributed by atoms with Crippen LogP contribution in [0.4, 0.5) is 0 Å². The summed E-state index contributed by atoms with van der Waals surface area (Å²) >= 11 is 0. The molecule has 1 rings (SSSR count). The average molecular weight is 237 g/mol. The Bertz CT molecular complexity index is 352. The number of hydrogen-bond acceptors (Lipinski definition) is 3. The largest absolute Gasteiger partial charge is 0.496 e. The van der Waals surface area contributed by atoms with Crippen molar-refractivity contribution in [2.75, 3.05) is 13.7 Å². The lowest BCUT2D eigenvalue weighted by Gasteiger charge is -2.21. The molecule has 0 saturated carbocycles. The van der Waals surface area contributed by atoms with Gasteiger partial charge >= 0.3 is 0 Å². The van der Waals surface area contributed by atoms with Gasteiger partial charge in [0.1, 0.15) is 5.75 Å². The Hall–Kier alpha value is -1.06. The van der Waals surface area contributed by atoms with Gasteiger partial charge in [-0.1, -0.05) is 19.9 Å². The van der Waals surface area contributed by atoms with Crippen molar-refractivity contribution >= 4 is 0 Å². The third-order valence-electron chi connectivity index (χ3n) is 3.03. The van der Waals surface area contributed by atoms with E-state index in [1.807, 2.05) is 32.0 Å². The summed E-state index contributed by atoms with van der Waals surface area (Å²) in [4.78, 5) is 0. The molecule has 0 fully saturated rings. The predicted molar refractivity (Wildman–Crippen MR) is 70.5 cm³/mol. The molecular formula is C14H23NO2. The lowest BCUT2D eigenvalue weighted by atomic mass is 9.99. The smallest absolute Gasteiger partial charge is 0.122 e. The average Bonchev–Trinajstić information content (AvgIpc) is 2.37. The number of ether oxygens (including phenoxy) is 1. The molecular weight excluding hydrogens is 214 g/mol. The van der Waals surface area contributed by atoms with Crippen LogP contribution >= 0.6 is 0 Å². The first-order chi connectivity index (χ1) is 8.13. The van der Waals surface area contributed by atoms with E-state index in [2.05, 4.69) is 12.2 Å². The maximum absolute atomic E-state index is 10.2. The zero-order valence-corrected chi connectivity index (χ0v) is 11.2. The van der Waals surface area contributed by atoms with Crippen molar-refractivity contribution in [2.24, 2.45) is 0 Å². The maximum Gasteiger partial charge on any atom is 0.122 e. The van der Waals surface area contributed by atoms with Crippen molar-refractivity contribution in [1.82, 2.24) is 5.32 Å².